The van der Waals surface area contributed by atoms with Crippen LogP contribution in [0.1, 0.15) is 11.3 Å². The van der Waals surface area contributed by atoms with E-state index in [1.807, 2.05) is 37.4 Å². The van der Waals surface area contributed by atoms with Gasteiger partial charge < -0.3 is 4.74 Å². The van der Waals surface area contributed by atoms with E-state index in [-0.39, 0.29) is 12.5 Å². The number of nitrogens with zero attached hydrogens (tertiary/aromatic N) is 3. The molecule has 1 aromatic carbocycles. The molecule has 0 fully saturated rings. The number of carbonyl (C=O) groups is 1. The number of aryl methyl sites for hydroxylation is 1. The van der Waals surface area contributed by atoms with Crippen LogP contribution in [0.5, 0.6) is 5.88 Å². The minimum atomic E-state index is -0.361. The van der Waals surface area contributed by atoms with Gasteiger partial charge in [-0.15, -0.1) is 0 Å². The van der Waals surface area contributed by atoms with E-state index in [0.29, 0.717) is 11.0 Å². The second-order valence-electron chi connectivity index (χ2n) is 4.47. The Morgan fingerprint density at radius 3 is 2.83 bits per heavy atom. The summed E-state index contributed by atoms with van der Waals surface area (Å²) in [7, 11) is 0. The molecule has 1 aromatic heterocycles. The zero-order valence-corrected chi connectivity index (χ0v) is 15.0. The number of amides is 1. The molecule has 8 heteroatoms. The normalized spacial score (nSPS) is 10.7. The molecule has 2 rings (SSSR count). The van der Waals surface area contributed by atoms with Crippen LogP contribution in [0.15, 0.2) is 45.1 Å². The zero-order valence-electron chi connectivity index (χ0n) is 12.6. The van der Waals surface area contributed by atoms with Crippen molar-refractivity contribution in [2.75, 3.05) is 12.9 Å². The van der Waals surface area contributed by atoms with Crippen molar-refractivity contribution in [2.45, 2.75) is 12.1 Å². The summed E-state index contributed by atoms with van der Waals surface area (Å²) in [6.45, 7) is 1.68. The van der Waals surface area contributed by atoms with Crippen molar-refractivity contribution < 1.29 is 9.53 Å². The Morgan fingerprint density at radius 1 is 1.39 bits per heavy atom. The summed E-state index contributed by atoms with van der Waals surface area (Å²) in [5.74, 6) is 0.00853. The molecule has 0 unspecified atom stereocenters. The fourth-order valence-electron chi connectivity index (χ4n) is 1.58. The first-order chi connectivity index (χ1) is 11.1. The zero-order chi connectivity index (χ0) is 16.7. The third-order valence-electron chi connectivity index (χ3n) is 2.62. The summed E-state index contributed by atoms with van der Waals surface area (Å²) < 4.78 is 6.34. The minimum Gasteiger partial charge on any atom is -0.467 e. The molecule has 1 N–H and O–H groups in total. The third kappa shape index (κ3) is 5.99. The molecule has 0 radical (unpaired) electrons. The Bertz CT molecular complexity index is 707. The van der Waals surface area contributed by atoms with Crippen molar-refractivity contribution in [1.82, 2.24) is 15.4 Å². The first-order valence-electron chi connectivity index (χ1n) is 6.67. The molecule has 0 bridgehead atoms. The second-order valence-corrected chi connectivity index (χ2v) is 6.16. The Kier molecular flexibility index (Phi) is 6.54. The standard InChI is InChI=1S/C15H15BrN4O2S/c1-10-7-14(19-15(18-10)23-2)22-9-13(21)20-17-8-11-3-5-12(16)6-4-11/h3-8H,9H2,1-2H3,(H,20,21)/b17-8+. The molecule has 1 amide bonds. The second kappa shape index (κ2) is 8.64. The molecule has 0 atom stereocenters. The van der Waals surface area contributed by atoms with Gasteiger partial charge in [-0.05, 0) is 30.9 Å². The van der Waals surface area contributed by atoms with Gasteiger partial charge in [0.2, 0.25) is 5.88 Å². The van der Waals surface area contributed by atoms with E-state index in [2.05, 4.69) is 36.4 Å². The lowest BCUT2D eigenvalue weighted by atomic mass is 10.2. The van der Waals surface area contributed by atoms with Crippen molar-refractivity contribution >= 4 is 39.8 Å². The van der Waals surface area contributed by atoms with E-state index < -0.39 is 0 Å². The van der Waals surface area contributed by atoms with Gasteiger partial charge >= 0.3 is 0 Å². The number of nitrogens with one attached hydrogen (secondary N) is 1. The Morgan fingerprint density at radius 2 is 2.13 bits per heavy atom. The summed E-state index contributed by atoms with van der Waals surface area (Å²) in [6.07, 6.45) is 3.44. The average molecular weight is 395 g/mol. The van der Waals surface area contributed by atoms with Crippen LogP contribution in [0.3, 0.4) is 0 Å². The number of carbonyl (C=O) groups excluding carboxylic acids is 1. The van der Waals surface area contributed by atoms with Crippen molar-refractivity contribution in [3.8, 4) is 5.88 Å². The number of thioether (sulfide) groups is 1. The smallest absolute Gasteiger partial charge is 0.278 e. The molecule has 23 heavy (non-hydrogen) atoms. The monoisotopic (exact) mass is 394 g/mol. The van der Waals surface area contributed by atoms with Gasteiger partial charge in [-0.1, -0.05) is 39.8 Å². The van der Waals surface area contributed by atoms with Crippen LogP contribution in [0, 0.1) is 6.92 Å². The summed E-state index contributed by atoms with van der Waals surface area (Å²) in [4.78, 5) is 20.1. The predicted octanol–water partition coefficient (Wildman–Crippen LogP) is 2.80. The van der Waals surface area contributed by atoms with Crippen LogP contribution in [0.2, 0.25) is 0 Å². The van der Waals surface area contributed by atoms with E-state index in [0.717, 1.165) is 15.7 Å². The van der Waals surface area contributed by atoms with E-state index in [4.69, 9.17) is 4.74 Å². The molecule has 0 saturated heterocycles. The average Bonchev–Trinajstić information content (AvgIpc) is 2.54. The van der Waals surface area contributed by atoms with E-state index >= 15 is 0 Å². The van der Waals surface area contributed by atoms with Crippen LogP contribution in [0.25, 0.3) is 0 Å². The topological polar surface area (TPSA) is 76.5 Å². The maximum Gasteiger partial charge on any atom is 0.278 e. The number of hydrazone groups is 1. The van der Waals surface area contributed by atoms with Crippen molar-refractivity contribution in [1.29, 1.82) is 0 Å². The maximum atomic E-state index is 11.7. The van der Waals surface area contributed by atoms with E-state index in [9.17, 15) is 4.79 Å². The fourth-order valence-corrected chi connectivity index (χ4v) is 2.26. The van der Waals surface area contributed by atoms with Gasteiger partial charge in [0.05, 0.1) is 6.21 Å². The molecule has 0 aliphatic carbocycles. The number of halogens is 1. The highest BCUT2D eigenvalue weighted by Crippen LogP contribution is 2.15. The predicted molar refractivity (Wildman–Crippen MR) is 93.9 cm³/mol. The molecule has 120 valence electrons. The summed E-state index contributed by atoms with van der Waals surface area (Å²) >= 11 is 4.77. The minimum absolute atomic E-state index is 0.165. The lowest BCUT2D eigenvalue weighted by Gasteiger charge is -2.06. The summed E-state index contributed by atoms with van der Waals surface area (Å²) in [6, 6.07) is 9.23. The third-order valence-corrected chi connectivity index (χ3v) is 3.69. The molecule has 2 aromatic rings. The highest BCUT2D eigenvalue weighted by atomic mass is 79.9. The summed E-state index contributed by atoms with van der Waals surface area (Å²) in [5, 5.41) is 4.48. The van der Waals surface area contributed by atoms with Crippen LogP contribution >= 0.6 is 27.7 Å². The van der Waals surface area contributed by atoms with Crippen LogP contribution < -0.4 is 10.2 Å². The summed E-state index contributed by atoms with van der Waals surface area (Å²) in [5.41, 5.74) is 4.07. The van der Waals surface area contributed by atoms with Gasteiger partial charge in [0.25, 0.3) is 5.91 Å². The fraction of sp³-hybridized carbons (Fsp3) is 0.200. The molecule has 0 aliphatic heterocycles. The Labute approximate surface area is 146 Å². The van der Waals surface area contributed by atoms with Gasteiger partial charge in [0, 0.05) is 16.2 Å². The highest BCUT2D eigenvalue weighted by Gasteiger charge is 2.05. The number of benzene rings is 1. The molecular formula is C15H15BrN4O2S. The Hall–Kier alpha value is -1.93. The van der Waals surface area contributed by atoms with Gasteiger partial charge in [0.15, 0.2) is 11.8 Å². The largest absolute Gasteiger partial charge is 0.467 e. The Balaban J connectivity index is 1.83. The SMILES string of the molecule is CSc1nc(C)cc(OCC(=O)N/N=C/c2ccc(Br)cc2)n1. The van der Waals surface area contributed by atoms with Crippen molar-refractivity contribution in [3.05, 3.63) is 46.1 Å². The van der Waals surface area contributed by atoms with E-state index in [1.54, 1.807) is 12.3 Å². The molecule has 1 heterocycles. The van der Waals surface area contributed by atoms with Gasteiger partial charge in [-0.25, -0.2) is 10.4 Å². The highest BCUT2D eigenvalue weighted by molar-refractivity contribution is 9.10. The first-order valence-corrected chi connectivity index (χ1v) is 8.68. The number of hydrogen-bond acceptors (Lipinski definition) is 6. The maximum absolute atomic E-state index is 11.7. The number of rotatable bonds is 6. The molecule has 0 spiro atoms. The lowest BCUT2D eigenvalue weighted by Crippen LogP contribution is -2.24. The number of aromatic nitrogens is 2. The number of ether oxygens (including phenoxy) is 1. The molecular weight excluding hydrogens is 380 g/mol. The van der Waals surface area contributed by atoms with Gasteiger partial charge in [0.1, 0.15) is 0 Å². The van der Waals surface area contributed by atoms with Crippen LogP contribution in [-0.4, -0.2) is 35.0 Å². The number of hydrogen-bond donors (Lipinski definition) is 1. The molecule has 0 aliphatic rings. The van der Waals surface area contributed by atoms with Gasteiger partial charge in [-0.2, -0.15) is 10.1 Å². The van der Waals surface area contributed by atoms with Gasteiger partial charge in [-0.3, -0.25) is 4.79 Å². The van der Waals surface area contributed by atoms with Crippen molar-refractivity contribution in [3.63, 3.8) is 0 Å². The lowest BCUT2D eigenvalue weighted by molar-refractivity contribution is -0.123. The first kappa shape index (κ1) is 17.4. The molecule has 6 nitrogen and oxygen atoms in total. The molecule has 0 saturated carbocycles. The van der Waals surface area contributed by atoms with Crippen molar-refractivity contribution in [2.24, 2.45) is 5.10 Å². The van der Waals surface area contributed by atoms with E-state index in [1.165, 1.54) is 11.8 Å². The van der Waals surface area contributed by atoms with Crippen LogP contribution in [0.4, 0.5) is 0 Å². The quantitative estimate of drug-likeness (QED) is 0.352. The van der Waals surface area contributed by atoms with Crippen LogP contribution in [-0.2, 0) is 4.79 Å².